The SMILES string of the molecule is COCC1(CNCc2ccco2)CCN(C(=O)OC(C)(C)C)CC1. The van der Waals surface area contributed by atoms with Crippen molar-refractivity contribution in [3.05, 3.63) is 24.2 Å². The average Bonchev–Trinajstić information content (AvgIpc) is 3.00. The highest BCUT2D eigenvalue weighted by molar-refractivity contribution is 5.68. The van der Waals surface area contributed by atoms with Crippen LogP contribution in [0.3, 0.4) is 0 Å². The van der Waals surface area contributed by atoms with Crippen LogP contribution < -0.4 is 5.32 Å². The molecule has 1 aromatic heterocycles. The van der Waals surface area contributed by atoms with Gasteiger partial charge in [0.2, 0.25) is 0 Å². The smallest absolute Gasteiger partial charge is 0.410 e. The molecule has 0 radical (unpaired) electrons. The van der Waals surface area contributed by atoms with Crippen molar-refractivity contribution in [2.24, 2.45) is 5.41 Å². The van der Waals surface area contributed by atoms with Crippen molar-refractivity contribution >= 4 is 6.09 Å². The summed E-state index contributed by atoms with van der Waals surface area (Å²) in [4.78, 5) is 14.0. The number of ether oxygens (including phenoxy) is 2. The molecule has 1 N–H and O–H groups in total. The topological polar surface area (TPSA) is 63.9 Å². The molecule has 0 atom stereocenters. The summed E-state index contributed by atoms with van der Waals surface area (Å²) in [5.41, 5.74) is -0.414. The van der Waals surface area contributed by atoms with Gasteiger partial charge >= 0.3 is 6.09 Å². The van der Waals surface area contributed by atoms with E-state index in [4.69, 9.17) is 13.9 Å². The highest BCUT2D eigenvalue weighted by atomic mass is 16.6. The first-order valence-electron chi connectivity index (χ1n) is 8.54. The first-order chi connectivity index (χ1) is 11.3. The first-order valence-corrected chi connectivity index (χ1v) is 8.54. The van der Waals surface area contributed by atoms with Crippen LogP contribution in [0.4, 0.5) is 4.79 Å². The van der Waals surface area contributed by atoms with E-state index in [9.17, 15) is 4.79 Å². The normalized spacial score (nSPS) is 17.8. The second-order valence-electron chi connectivity index (χ2n) is 7.58. The van der Waals surface area contributed by atoms with Gasteiger partial charge in [-0.25, -0.2) is 4.79 Å². The minimum atomic E-state index is -0.456. The van der Waals surface area contributed by atoms with Gasteiger partial charge in [-0.2, -0.15) is 0 Å². The molecule has 0 bridgehead atoms. The minimum Gasteiger partial charge on any atom is -0.468 e. The number of furan rings is 1. The molecule has 0 aliphatic carbocycles. The molecule has 0 unspecified atom stereocenters. The molecule has 1 fully saturated rings. The lowest BCUT2D eigenvalue weighted by atomic mass is 9.79. The largest absolute Gasteiger partial charge is 0.468 e. The van der Waals surface area contributed by atoms with Crippen LogP contribution in [-0.4, -0.2) is 49.9 Å². The van der Waals surface area contributed by atoms with Crippen molar-refractivity contribution in [2.45, 2.75) is 45.8 Å². The van der Waals surface area contributed by atoms with Gasteiger partial charge in [0.25, 0.3) is 0 Å². The summed E-state index contributed by atoms with van der Waals surface area (Å²) < 4.78 is 16.3. The standard InChI is InChI=1S/C18H30N2O4/c1-17(2,3)24-16(21)20-9-7-18(8-10-20,14-22-4)13-19-12-15-6-5-11-23-15/h5-6,11,19H,7-10,12-14H2,1-4H3. The summed E-state index contributed by atoms with van der Waals surface area (Å²) in [7, 11) is 1.73. The van der Waals surface area contributed by atoms with Gasteiger partial charge in [0.1, 0.15) is 11.4 Å². The fourth-order valence-corrected chi connectivity index (χ4v) is 3.03. The number of amides is 1. The molecule has 6 heteroatoms. The van der Waals surface area contributed by atoms with E-state index < -0.39 is 5.60 Å². The molecule has 136 valence electrons. The Morgan fingerprint density at radius 1 is 1.38 bits per heavy atom. The van der Waals surface area contributed by atoms with Gasteiger partial charge in [0.15, 0.2) is 0 Å². The molecule has 6 nitrogen and oxygen atoms in total. The summed E-state index contributed by atoms with van der Waals surface area (Å²) >= 11 is 0. The summed E-state index contributed by atoms with van der Waals surface area (Å²) in [5.74, 6) is 0.925. The molecular weight excluding hydrogens is 308 g/mol. The highest BCUT2D eigenvalue weighted by Gasteiger charge is 2.37. The molecule has 24 heavy (non-hydrogen) atoms. The van der Waals surface area contributed by atoms with Crippen molar-refractivity contribution in [3.63, 3.8) is 0 Å². The van der Waals surface area contributed by atoms with Crippen LogP contribution in [0.2, 0.25) is 0 Å². The molecule has 1 amide bonds. The Hall–Kier alpha value is -1.53. The molecule has 1 aliphatic rings. The van der Waals surface area contributed by atoms with Crippen LogP contribution in [0, 0.1) is 5.41 Å². The molecule has 2 rings (SSSR count). The second kappa shape index (κ2) is 8.03. The van der Waals surface area contributed by atoms with Crippen LogP contribution in [0.5, 0.6) is 0 Å². The fraction of sp³-hybridized carbons (Fsp3) is 0.722. The van der Waals surface area contributed by atoms with E-state index in [0.29, 0.717) is 26.2 Å². The van der Waals surface area contributed by atoms with Gasteiger partial charge in [-0.15, -0.1) is 0 Å². The van der Waals surface area contributed by atoms with Gasteiger partial charge < -0.3 is 24.1 Å². The van der Waals surface area contributed by atoms with Crippen LogP contribution in [-0.2, 0) is 16.0 Å². The summed E-state index contributed by atoms with van der Waals surface area (Å²) in [6.45, 7) is 9.29. The Morgan fingerprint density at radius 2 is 2.08 bits per heavy atom. The van der Waals surface area contributed by atoms with E-state index in [0.717, 1.165) is 25.1 Å². The van der Waals surface area contributed by atoms with E-state index >= 15 is 0 Å². The van der Waals surface area contributed by atoms with Crippen LogP contribution >= 0.6 is 0 Å². The van der Waals surface area contributed by atoms with Crippen LogP contribution in [0.25, 0.3) is 0 Å². The molecule has 0 saturated carbocycles. The lowest BCUT2D eigenvalue weighted by Gasteiger charge is -2.41. The lowest BCUT2D eigenvalue weighted by molar-refractivity contribution is -0.00670. The van der Waals surface area contributed by atoms with Crippen molar-refractivity contribution in [3.8, 4) is 0 Å². The molecule has 0 spiro atoms. The average molecular weight is 338 g/mol. The Morgan fingerprint density at radius 3 is 2.62 bits per heavy atom. The zero-order valence-electron chi connectivity index (χ0n) is 15.3. The Labute approximate surface area is 144 Å². The molecule has 1 aliphatic heterocycles. The van der Waals surface area contributed by atoms with E-state index in [2.05, 4.69) is 5.32 Å². The van der Waals surface area contributed by atoms with Gasteiger partial charge in [0, 0.05) is 32.2 Å². The zero-order valence-corrected chi connectivity index (χ0v) is 15.3. The second-order valence-corrected chi connectivity index (χ2v) is 7.58. The van der Waals surface area contributed by atoms with E-state index in [-0.39, 0.29) is 11.5 Å². The quantitative estimate of drug-likeness (QED) is 0.864. The van der Waals surface area contributed by atoms with Crippen molar-refractivity contribution in [1.29, 1.82) is 0 Å². The Bertz CT molecular complexity index is 500. The molecule has 0 aromatic carbocycles. The molecule has 1 aromatic rings. The summed E-state index contributed by atoms with van der Waals surface area (Å²) in [6.07, 6.45) is 3.25. The minimum absolute atomic E-state index is 0.0415. The maximum absolute atomic E-state index is 12.2. The van der Waals surface area contributed by atoms with E-state index in [1.807, 2.05) is 32.9 Å². The molecule has 2 heterocycles. The third-order valence-corrected chi connectivity index (χ3v) is 4.31. The number of rotatable bonds is 6. The number of likely N-dealkylation sites (tertiary alicyclic amines) is 1. The fourth-order valence-electron chi connectivity index (χ4n) is 3.03. The number of nitrogens with zero attached hydrogens (tertiary/aromatic N) is 1. The third-order valence-electron chi connectivity index (χ3n) is 4.31. The number of hydrogen-bond donors (Lipinski definition) is 1. The van der Waals surface area contributed by atoms with Gasteiger partial charge in [-0.1, -0.05) is 0 Å². The monoisotopic (exact) mass is 338 g/mol. The number of nitrogens with one attached hydrogen (secondary N) is 1. The van der Waals surface area contributed by atoms with Crippen molar-refractivity contribution < 1.29 is 18.7 Å². The third kappa shape index (κ3) is 5.53. The van der Waals surface area contributed by atoms with E-state index in [1.54, 1.807) is 18.3 Å². The zero-order chi connectivity index (χ0) is 17.6. The van der Waals surface area contributed by atoms with Crippen LogP contribution in [0.1, 0.15) is 39.4 Å². The molecule has 1 saturated heterocycles. The Balaban J connectivity index is 1.84. The van der Waals surface area contributed by atoms with E-state index in [1.165, 1.54) is 0 Å². The van der Waals surface area contributed by atoms with Gasteiger partial charge in [-0.3, -0.25) is 0 Å². The maximum atomic E-state index is 12.2. The molecular formula is C18H30N2O4. The predicted octanol–water partition coefficient (Wildman–Crippen LogP) is 3.03. The van der Waals surface area contributed by atoms with Crippen LogP contribution in [0.15, 0.2) is 22.8 Å². The number of carbonyl (C=O) groups excluding carboxylic acids is 1. The predicted molar refractivity (Wildman–Crippen MR) is 91.8 cm³/mol. The van der Waals surface area contributed by atoms with Gasteiger partial charge in [0.05, 0.1) is 19.4 Å². The highest BCUT2D eigenvalue weighted by Crippen LogP contribution is 2.32. The number of piperidine rings is 1. The Kier molecular flexibility index (Phi) is 6.29. The first kappa shape index (κ1) is 18.8. The maximum Gasteiger partial charge on any atom is 0.410 e. The number of methoxy groups -OCH3 is 1. The summed E-state index contributed by atoms with van der Waals surface area (Å²) in [5, 5.41) is 3.46. The lowest BCUT2D eigenvalue weighted by Crippen LogP contribution is -2.50. The number of carbonyl (C=O) groups is 1. The van der Waals surface area contributed by atoms with Gasteiger partial charge in [-0.05, 0) is 45.7 Å². The van der Waals surface area contributed by atoms with Crippen molar-refractivity contribution in [1.82, 2.24) is 10.2 Å². The van der Waals surface area contributed by atoms with Crippen molar-refractivity contribution in [2.75, 3.05) is 33.4 Å². The number of hydrogen-bond acceptors (Lipinski definition) is 5. The summed E-state index contributed by atoms with van der Waals surface area (Å²) in [6, 6.07) is 3.85.